The summed E-state index contributed by atoms with van der Waals surface area (Å²) in [6.07, 6.45) is 1.52. The van der Waals surface area contributed by atoms with Gasteiger partial charge in [-0.2, -0.15) is 0 Å². The second kappa shape index (κ2) is 6.00. The molecule has 1 rings (SSSR count). The third-order valence-corrected chi connectivity index (χ3v) is 1.90. The van der Waals surface area contributed by atoms with Crippen molar-refractivity contribution in [3.63, 3.8) is 0 Å². The molecule has 0 aromatic heterocycles. The number of aliphatic hydroxyl groups excluding tert-OH is 1. The molecule has 0 aliphatic heterocycles. The van der Waals surface area contributed by atoms with Crippen LogP contribution >= 0.6 is 0 Å². The summed E-state index contributed by atoms with van der Waals surface area (Å²) >= 11 is 0. The predicted molar refractivity (Wildman–Crippen MR) is 58.1 cm³/mol. The van der Waals surface area contributed by atoms with Crippen molar-refractivity contribution in [2.45, 2.75) is 12.8 Å². The molecular formula is C10H15N3O2. The summed E-state index contributed by atoms with van der Waals surface area (Å²) in [6.45, 7) is 0.174. The molecular weight excluding hydrogens is 194 g/mol. The lowest BCUT2D eigenvalue weighted by Gasteiger charge is -2.02. The van der Waals surface area contributed by atoms with Gasteiger partial charge in [0, 0.05) is 6.61 Å². The number of nitrogens with zero attached hydrogens (tertiary/aromatic N) is 1. The summed E-state index contributed by atoms with van der Waals surface area (Å²) < 4.78 is 0. The highest BCUT2D eigenvalue weighted by Crippen LogP contribution is 2.14. The number of benzene rings is 1. The van der Waals surface area contributed by atoms with Gasteiger partial charge in [0.1, 0.15) is 0 Å². The second-order valence-electron chi connectivity index (χ2n) is 3.11. The molecule has 5 nitrogen and oxygen atoms in total. The van der Waals surface area contributed by atoms with Crippen molar-refractivity contribution in [3.05, 3.63) is 29.8 Å². The molecule has 0 amide bonds. The number of rotatable bonds is 4. The smallest absolute Gasteiger partial charge is 0.218 e. The highest BCUT2D eigenvalue weighted by Gasteiger charge is 1.96. The Morgan fingerprint density at radius 3 is 2.93 bits per heavy atom. The Bertz CT molecular complexity index is 339. The molecule has 0 aliphatic carbocycles. The summed E-state index contributed by atoms with van der Waals surface area (Å²) in [5.41, 5.74) is 8.82. The Morgan fingerprint density at radius 2 is 2.27 bits per heavy atom. The van der Waals surface area contributed by atoms with Gasteiger partial charge in [-0.15, -0.1) is 0 Å². The lowest BCUT2D eigenvalue weighted by molar-refractivity contribution is 0.233. The summed E-state index contributed by atoms with van der Waals surface area (Å²) in [5.74, 6) is -0.0469. The fraction of sp³-hybridized carbons (Fsp3) is 0.300. The molecule has 0 atom stereocenters. The predicted octanol–water partition coefficient (Wildman–Crippen LogP) is 0.536. The minimum Gasteiger partial charge on any atom is -0.396 e. The molecule has 15 heavy (non-hydrogen) atoms. The lowest BCUT2D eigenvalue weighted by atomic mass is 10.1. The van der Waals surface area contributed by atoms with Crippen LogP contribution in [0, 0.1) is 0 Å². The van der Waals surface area contributed by atoms with E-state index in [2.05, 4.69) is 4.99 Å². The first-order valence-electron chi connectivity index (χ1n) is 4.70. The quantitative estimate of drug-likeness (QED) is 0.331. The van der Waals surface area contributed by atoms with Gasteiger partial charge in [0.2, 0.25) is 5.96 Å². The summed E-state index contributed by atoms with van der Waals surface area (Å²) in [4.78, 5) is 3.92. The van der Waals surface area contributed by atoms with Crippen LogP contribution in [0.15, 0.2) is 29.3 Å². The fourth-order valence-corrected chi connectivity index (χ4v) is 1.23. The fourth-order valence-electron chi connectivity index (χ4n) is 1.23. The van der Waals surface area contributed by atoms with Crippen LogP contribution in [0.3, 0.4) is 0 Å². The van der Waals surface area contributed by atoms with E-state index in [1.807, 2.05) is 18.2 Å². The van der Waals surface area contributed by atoms with Gasteiger partial charge in [0.15, 0.2) is 0 Å². The number of hydrogen-bond acceptors (Lipinski definition) is 3. The van der Waals surface area contributed by atoms with Gasteiger partial charge in [-0.25, -0.2) is 10.5 Å². The van der Waals surface area contributed by atoms with Gasteiger partial charge in [0.05, 0.1) is 5.69 Å². The van der Waals surface area contributed by atoms with Crippen molar-refractivity contribution < 1.29 is 10.3 Å². The lowest BCUT2D eigenvalue weighted by Crippen LogP contribution is -2.27. The average Bonchev–Trinajstić information content (AvgIpc) is 2.26. The standard InChI is InChI=1S/C10H15N3O2/c11-10(13-15)12-9-5-1-3-8(7-9)4-2-6-14/h1,3,5,7,14-15H,2,4,6H2,(H3,11,12,13). The number of hydroxylamine groups is 1. The van der Waals surface area contributed by atoms with Gasteiger partial charge in [-0.1, -0.05) is 12.1 Å². The Morgan fingerprint density at radius 1 is 1.47 bits per heavy atom. The average molecular weight is 209 g/mol. The van der Waals surface area contributed by atoms with Crippen molar-refractivity contribution in [2.24, 2.45) is 10.7 Å². The van der Waals surface area contributed by atoms with E-state index in [0.29, 0.717) is 5.69 Å². The molecule has 0 saturated heterocycles. The van der Waals surface area contributed by atoms with Crippen LogP contribution in [0.1, 0.15) is 12.0 Å². The van der Waals surface area contributed by atoms with E-state index in [0.717, 1.165) is 18.4 Å². The molecule has 5 heteroatoms. The van der Waals surface area contributed by atoms with Gasteiger partial charge in [0.25, 0.3) is 0 Å². The maximum Gasteiger partial charge on any atom is 0.218 e. The second-order valence-corrected chi connectivity index (χ2v) is 3.11. The maximum absolute atomic E-state index is 8.69. The van der Waals surface area contributed by atoms with E-state index in [1.165, 1.54) is 0 Å². The topological polar surface area (TPSA) is 90.9 Å². The molecule has 0 bridgehead atoms. The maximum atomic E-state index is 8.69. The molecule has 0 radical (unpaired) electrons. The van der Waals surface area contributed by atoms with Crippen LogP contribution in [0.25, 0.3) is 0 Å². The molecule has 5 N–H and O–H groups in total. The molecule has 0 fully saturated rings. The Hall–Kier alpha value is -1.59. The highest BCUT2D eigenvalue weighted by molar-refractivity contribution is 5.79. The number of aryl methyl sites for hydroxylation is 1. The van der Waals surface area contributed by atoms with Crippen molar-refractivity contribution in [1.29, 1.82) is 0 Å². The van der Waals surface area contributed by atoms with Crippen LogP contribution in [0.2, 0.25) is 0 Å². The first-order chi connectivity index (χ1) is 7.26. The Balaban J connectivity index is 2.74. The monoisotopic (exact) mass is 209 g/mol. The zero-order valence-corrected chi connectivity index (χ0v) is 8.35. The van der Waals surface area contributed by atoms with E-state index >= 15 is 0 Å². The molecule has 0 unspecified atom stereocenters. The summed E-state index contributed by atoms with van der Waals surface area (Å²) in [6, 6.07) is 7.46. The molecule has 1 aromatic carbocycles. The molecule has 82 valence electrons. The van der Waals surface area contributed by atoms with Crippen LogP contribution < -0.4 is 11.2 Å². The first kappa shape index (κ1) is 11.5. The SMILES string of the molecule is NC(=Nc1cccc(CCCO)c1)NO. The van der Waals surface area contributed by atoms with Crippen LogP contribution in [0.4, 0.5) is 5.69 Å². The van der Waals surface area contributed by atoms with Crippen LogP contribution in [0.5, 0.6) is 0 Å². The number of aliphatic imine (C=N–C) groups is 1. The van der Waals surface area contributed by atoms with E-state index < -0.39 is 0 Å². The highest BCUT2D eigenvalue weighted by atomic mass is 16.5. The molecule has 1 aromatic rings. The van der Waals surface area contributed by atoms with E-state index in [9.17, 15) is 0 Å². The minimum atomic E-state index is -0.0469. The van der Waals surface area contributed by atoms with E-state index in [1.54, 1.807) is 11.5 Å². The van der Waals surface area contributed by atoms with E-state index in [4.69, 9.17) is 16.0 Å². The van der Waals surface area contributed by atoms with Crippen molar-refractivity contribution in [3.8, 4) is 0 Å². The van der Waals surface area contributed by atoms with Crippen LogP contribution in [-0.2, 0) is 6.42 Å². The van der Waals surface area contributed by atoms with Gasteiger partial charge >= 0.3 is 0 Å². The molecule has 0 heterocycles. The third-order valence-electron chi connectivity index (χ3n) is 1.90. The van der Waals surface area contributed by atoms with Gasteiger partial charge < -0.3 is 10.8 Å². The van der Waals surface area contributed by atoms with Crippen molar-refractivity contribution in [2.75, 3.05) is 6.61 Å². The molecule has 0 spiro atoms. The summed E-state index contributed by atoms with van der Waals surface area (Å²) in [7, 11) is 0. The minimum absolute atomic E-state index is 0.0469. The largest absolute Gasteiger partial charge is 0.396 e. The third kappa shape index (κ3) is 3.97. The molecule has 0 aliphatic rings. The van der Waals surface area contributed by atoms with Crippen molar-refractivity contribution >= 4 is 11.6 Å². The Kier molecular flexibility index (Phi) is 4.59. The Labute approximate surface area is 88.2 Å². The zero-order valence-electron chi connectivity index (χ0n) is 8.35. The number of nitrogens with one attached hydrogen (secondary N) is 1. The molecule has 0 saturated carbocycles. The first-order valence-corrected chi connectivity index (χ1v) is 4.70. The number of guanidine groups is 1. The van der Waals surface area contributed by atoms with Crippen molar-refractivity contribution in [1.82, 2.24) is 5.48 Å². The summed E-state index contributed by atoms with van der Waals surface area (Å²) in [5, 5.41) is 17.2. The van der Waals surface area contributed by atoms with Crippen LogP contribution in [-0.4, -0.2) is 22.9 Å². The van der Waals surface area contributed by atoms with Gasteiger partial charge in [-0.3, -0.25) is 5.21 Å². The number of hydrogen-bond donors (Lipinski definition) is 4. The zero-order chi connectivity index (χ0) is 11.1. The number of aliphatic hydroxyl groups is 1. The van der Waals surface area contributed by atoms with Gasteiger partial charge in [-0.05, 0) is 30.5 Å². The number of nitrogens with two attached hydrogens (primary N) is 1. The van der Waals surface area contributed by atoms with E-state index in [-0.39, 0.29) is 12.6 Å². The normalized spacial score (nSPS) is 11.5.